The lowest BCUT2D eigenvalue weighted by Gasteiger charge is -2.21. The molecular formula is C17H12Cl2FNO4. The Morgan fingerprint density at radius 2 is 1.96 bits per heavy atom. The number of benzene rings is 2. The standard InChI is InChI=1S/C17H12Cl2FNO4/c1-25-8-2-3-9(12(20)6-8)13(22)7-17(24)14-10(18)4-5-11(19)15(14)21-16(17)23/h2-6,24H,7H2,1H3,(H,21,23). The van der Waals surface area contributed by atoms with Crippen LogP contribution in [-0.2, 0) is 10.4 Å². The Kier molecular flexibility index (Phi) is 4.45. The van der Waals surface area contributed by atoms with E-state index in [-0.39, 0.29) is 32.6 Å². The van der Waals surface area contributed by atoms with Crippen molar-refractivity contribution >= 4 is 40.6 Å². The van der Waals surface area contributed by atoms with Gasteiger partial charge in [0.2, 0.25) is 0 Å². The minimum absolute atomic E-state index is 0.00827. The van der Waals surface area contributed by atoms with Crippen LogP contribution in [0.5, 0.6) is 5.75 Å². The number of nitrogens with one attached hydrogen (secondary N) is 1. The summed E-state index contributed by atoms with van der Waals surface area (Å²) in [5, 5.41) is 13.5. The van der Waals surface area contributed by atoms with Crippen LogP contribution in [0.2, 0.25) is 10.0 Å². The average molecular weight is 384 g/mol. The van der Waals surface area contributed by atoms with Crippen LogP contribution in [0.1, 0.15) is 22.3 Å². The van der Waals surface area contributed by atoms with E-state index in [4.69, 9.17) is 27.9 Å². The topological polar surface area (TPSA) is 75.6 Å². The van der Waals surface area contributed by atoms with Gasteiger partial charge in [0.1, 0.15) is 11.6 Å². The molecule has 8 heteroatoms. The lowest BCUT2D eigenvalue weighted by molar-refractivity contribution is -0.133. The van der Waals surface area contributed by atoms with E-state index in [2.05, 4.69) is 5.32 Å². The van der Waals surface area contributed by atoms with Crippen molar-refractivity contribution in [3.63, 3.8) is 0 Å². The predicted octanol–water partition coefficient (Wildman–Crippen LogP) is 3.55. The molecule has 2 aromatic carbocycles. The maximum absolute atomic E-state index is 14.1. The Hall–Kier alpha value is -2.15. The second-order valence-corrected chi connectivity index (χ2v) is 6.35. The first-order chi connectivity index (χ1) is 11.8. The monoisotopic (exact) mass is 383 g/mol. The summed E-state index contributed by atoms with van der Waals surface area (Å²) in [5.74, 6) is -2.18. The smallest absolute Gasteiger partial charge is 0.261 e. The fourth-order valence-corrected chi connectivity index (χ4v) is 3.27. The summed E-state index contributed by atoms with van der Waals surface area (Å²) >= 11 is 12.1. The molecule has 0 spiro atoms. The van der Waals surface area contributed by atoms with Crippen molar-refractivity contribution < 1.29 is 23.8 Å². The Labute approximate surface area is 152 Å². The Morgan fingerprint density at radius 1 is 1.28 bits per heavy atom. The molecule has 0 saturated carbocycles. The molecule has 2 N–H and O–H groups in total. The summed E-state index contributed by atoms with van der Waals surface area (Å²) in [6.45, 7) is 0. The first kappa shape index (κ1) is 17.7. The van der Waals surface area contributed by atoms with Crippen LogP contribution >= 0.6 is 23.2 Å². The summed E-state index contributed by atoms with van der Waals surface area (Å²) in [4.78, 5) is 24.7. The molecule has 5 nitrogen and oxygen atoms in total. The van der Waals surface area contributed by atoms with Crippen molar-refractivity contribution in [1.29, 1.82) is 0 Å². The molecule has 1 aliphatic rings. The van der Waals surface area contributed by atoms with Crippen molar-refractivity contribution in [2.24, 2.45) is 0 Å². The lowest BCUT2D eigenvalue weighted by Crippen LogP contribution is -2.36. The zero-order valence-corrected chi connectivity index (χ0v) is 14.4. The third-order valence-electron chi connectivity index (χ3n) is 4.02. The van der Waals surface area contributed by atoms with Gasteiger partial charge < -0.3 is 15.2 Å². The molecule has 3 rings (SSSR count). The normalized spacial score (nSPS) is 18.7. The molecule has 2 aromatic rings. The molecule has 0 fully saturated rings. The van der Waals surface area contributed by atoms with Gasteiger partial charge in [-0.1, -0.05) is 23.2 Å². The summed E-state index contributed by atoms with van der Waals surface area (Å²) in [5.41, 5.74) is -2.35. The quantitative estimate of drug-likeness (QED) is 0.791. The zero-order valence-electron chi connectivity index (χ0n) is 12.9. The second kappa shape index (κ2) is 6.29. The maximum Gasteiger partial charge on any atom is 0.261 e. The highest BCUT2D eigenvalue weighted by Gasteiger charge is 2.49. The van der Waals surface area contributed by atoms with Gasteiger partial charge in [-0.3, -0.25) is 9.59 Å². The number of carbonyl (C=O) groups is 2. The number of aliphatic hydroxyl groups is 1. The van der Waals surface area contributed by atoms with Crippen LogP contribution in [-0.4, -0.2) is 23.9 Å². The van der Waals surface area contributed by atoms with Gasteiger partial charge in [-0.15, -0.1) is 0 Å². The number of methoxy groups -OCH3 is 1. The molecule has 1 amide bonds. The Bertz CT molecular complexity index is 902. The summed E-state index contributed by atoms with van der Waals surface area (Å²) in [6.07, 6.45) is -0.685. The number of ether oxygens (including phenoxy) is 1. The largest absolute Gasteiger partial charge is 0.497 e. The number of hydrogen-bond acceptors (Lipinski definition) is 4. The Morgan fingerprint density at radius 3 is 2.60 bits per heavy atom. The highest BCUT2D eigenvalue weighted by atomic mass is 35.5. The third kappa shape index (κ3) is 2.86. The van der Waals surface area contributed by atoms with Crippen LogP contribution in [0.15, 0.2) is 30.3 Å². The fraction of sp³-hybridized carbons (Fsp3) is 0.176. The lowest BCUT2D eigenvalue weighted by atomic mass is 9.88. The van der Waals surface area contributed by atoms with Crippen molar-refractivity contribution in [3.05, 3.63) is 57.3 Å². The molecule has 130 valence electrons. The van der Waals surface area contributed by atoms with Gasteiger partial charge in [0.25, 0.3) is 5.91 Å². The average Bonchev–Trinajstić information content (AvgIpc) is 2.83. The molecule has 0 bridgehead atoms. The van der Waals surface area contributed by atoms with E-state index >= 15 is 0 Å². The number of halogens is 3. The molecule has 0 aromatic heterocycles. The number of anilines is 1. The number of hydrogen-bond donors (Lipinski definition) is 2. The first-order valence-electron chi connectivity index (χ1n) is 7.17. The van der Waals surface area contributed by atoms with Crippen LogP contribution in [0.4, 0.5) is 10.1 Å². The highest BCUT2D eigenvalue weighted by Crippen LogP contribution is 2.46. The second-order valence-electron chi connectivity index (χ2n) is 5.54. The molecular weight excluding hydrogens is 372 g/mol. The van der Waals surface area contributed by atoms with Crippen LogP contribution in [0.3, 0.4) is 0 Å². The van der Waals surface area contributed by atoms with Gasteiger partial charge in [-0.2, -0.15) is 0 Å². The first-order valence-corrected chi connectivity index (χ1v) is 7.92. The molecule has 1 aliphatic heterocycles. The maximum atomic E-state index is 14.1. The van der Waals surface area contributed by atoms with E-state index in [1.807, 2.05) is 0 Å². The van der Waals surface area contributed by atoms with E-state index in [0.717, 1.165) is 6.07 Å². The molecule has 0 saturated heterocycles. The van der Waals surface area contributed by atoms with Crippen molar-refractivity contribution in [2.75, 3.05) is 12.4 Å². The SMILES string of the molecule is COc1ccc(C(=O)CC2(O)C(=O)Nc3c(Cl)ccc(Cl)c32)c(F)c1. The van der Waals surface area contributed by atoms with Gasteiger partial charge >= 0.3 is 0 Å². The van der Waals surface area contributed by atoms with Crippen LogP contribution in [0, 0.1) is 5.82 Å². The van der Waals surface area contributed by atoms with Crippen molar-refractivity contribution in [2.45, 2.75) is 12.0 Å². The van der Waals surface area contributed by atoms with Crippen molar-refractivity contribution in [1.82, 2.24) is 0 Å². The van der Waals surface area contributed by atoms with E-state index in [1.165, 1.54) is 31.4 Å². The van der Waals surface area contributed by atoms with Gasteiger partial charge in [-0.05, 0) is 24.3 Å². The summed E-state index contributed by atoms with van der Waals surface area (Å²) in [7, 11) is 1.37. The number of ketones is 1. The van der Waals surface area contributed by atoms with Gasteiger partial charge in [-0.25, -0.2) is 4.39 Å². The van der Waals surface area contributed by atoms with E-state index in [0.29, 0.717) is 0 Å². The summed E-state index contributed by atoms with van der Waals surface area (Å²) in [6, 6.07) is 6.55. The minimum atomic E-state index is -2.24. The zero-order chi connectivity index (χ0) is 18.4. The molecule has 0 radical (unpaired) electrons. The molecule has 1 unspecified atom stereocenters. The predicted molar refractivity (Wildman–Crippen MR) is 90.9 cm³/mol. The minimum Gasteiger partial charge on any atom is -0.497 e. The number of rotatable bonds is 4. The third-order valence-corrected chi connectivity index (χ3v) is 4.65. The summed E-state index contributed by atoms with van der Waals surface area (Å²) < 4.78 is 19.0. The fourth-order valence-electron chi connectivity index (χ4n) is 2.75. The van der Waals surface area contributed by atoms with E-state index in [1.54, 1.807) is 0 Å². The number of carbonyl (C=O) groups excluding carboxylic acids is 2. The molecule has 25 heavy (non-hydrogen) atoms. The Balaban J connectivity index is 2.00. The van der Waals surface area contributed by atoms with E-state index < -0.39 is 29.5 Å². The number of amides is 1. The van der Waals surface area contributed by atoms with Gasteiger partial charge in [0, 0.05) is 16.7 Å². The molecule has 0 aliphatic carbocycles. The van der Waals surface area contributed by atoms with Crippen LogP contribution < -0.4 is 10.1 Å². The number of Topliss-reactive ketones (excluding diaryl/α,β-unsaturated/α-hetero) is 1. The number of fused-ring (bicyclic) bond motifs is 1. The van der Waals surface area contributed by atoms with Crippen LogP contribution in [0.25, 0.3) is 0 Å². The molecule has 1 atom stereocenters. The van der Waals surface area contributed by atoms with Gasteiger partial charge in [0.05, 0.1) is 29.8 Å². The highest BCUT2D eigenvalue weighted by molar-refractivity contribution is 6.38. The molecule has 1 heterocycles. The van der Waals surface area contributed by atoms with E-state index in [9.17, 15) is 19.1 Å². The van der Waals surface area contributed by atoms with Gasteiger partial charge in [0.15, 0.2) is 11.4 Å². The van der Waals surface area contributed by atoms with Crippen molar-refractivity contribution in [3.8, 4) is 5.75 Å².